The first-order valence-corrected chi connectivity index (χ1v) is 7.45. The van der Waals surface area contributed by atoms with Crippen LogP contribution in [0.1, 0.15) is 23.6 Å². The number of methoxy groups -OCH3 is 1. The van der Waals surface area contributed by atoms with Crippen molar-refractivity contribution in [2.75, 3.05) is 12.4 Å². The summed E-state index contributed by atoms with van der Waals surface area (Å²) >= 11 is 3.46. The van der Waals surface area contributed by atoms with Crippen LogP contribution in [0.15, 0.2) is 34.9 Å². The number of aryl methyl sites for hydroxylation is 2. The predicted molar refractivity (Wildman–Crippen MR) is 86.4 cm³/mol. The van der Waals surface area contributed by atoms with E-state index in [-0.39, 0.29) is 0 Å². The molecule has 0 unspecified atom stereocenters. The molecule has 1 N–H and O–H groups in total. The number of anilines is 1. The Morgan fingerprint density at radius 1 is 1.30 bits per heavy atom. The van der Waals surface area contributed by atoms with Gasteiger partial charge in [-0.1, -0.05) is 19.1 Å². The first kappa shape index (κ1) is 14.9. The van der Waals surface area contributed by atoms with Crippen molar-refractivity contribution in [3.8, 4) is 5.75 Å². The molecule has 0 radical (unpaired) electrons. The van der Waals surface area contributed by atoms with E-state index in [9.17, 15) is 0 Å². The smallest absolute Gasteiger partial charge is 0.126 e. The van der Waals surface area contributed by atoms with Crippen LogP contribution in [0, 0.1) is 6.92 Å². The molecule has 2 aromatic rings. The Kier molecular flexibility index (Phi) is 5.01. The minimum Gasteiger partial charge on any atom is -0.496 e. The molecular formula is C16H19BrN2O. The molecule has 1 aromatic carbocycles. The van der Waals surface area contributed by atoms with E-state index in [4.69, 9.17) is 4.74 Å². The van der Waals surface area contributed by atoms with Gasteiger partial charge < -0.3 is 10.1 Å². The molecule has 0 saturated heterocycles. The number of aromatic nitrogens is 1. The molecule has 0 fully saturated rings. The quantitative estimate of drug-likeness (QED) is 0.883. The van der Waals surface area contributed by atoms with Gasteiger partial charge in [-0.05, 0) is 52.5 Å². The summed E-state index contributed by atoms with van der Waals surface area (Å²) < 4.78 is 6.43. The zero-order chi connectivity index (χ0) is 14.5. The third kappa shape index (κ3) is 3.51. The van der Waals surface area contributed by atoms with Gasteiger partial charge in [0.2, 0.25) is 0 Å². The van der Waals surface area contributed by atoms with E-state index in [0.29, 0.717) is 6.54 Å². The molecule has 20 heavy (non-hydrogen) atoms. The van der Waals surface area contributed by atoms with Gasteiger partial charge in [-0.2, -0.15) is 0 Å². The molecule has 1 heterocycles. The zero-order valence-electron chi connectivity index (χ0n) is 12.0. The molecule has 0 atom stereocenters. The van der Waals surface area contributed by atoms with Crippen LogP contribution in [0.4, 0.5) is 5.82 Å². The van der Waals surface area contributed by atoms with Gasteiger partial charge in [0.05, 0.1) is 7.11 Å². The van der Waals surface area contributed by atoms with Crippen molar-refractivity contribution >= 4 is 21.7 Å². The molecule has 106 valence electrons. The lowest BCUT2D eigenvalue weighted by atomic mass is 10.1. The largest absolute Gasteiger partial charge is 0.496 e. The zero-order valence-corrected chi connectivity index (χ0v) is 13.6. The Bertz CT molecular complexity index is 599. The van der Waals surface area contributed by atoms with Gasteiger partial charge in [0.25, 0.3) is 0 Å². The van der Waals surface area contributed by atoms with E-state index in [2.05, 4.69) is 52.2 Å². The number of benzene rings is 1. The second-order valence-electron chi connectivity index (χ2n) is 4.67. The number of halogens is 1. The molecule has 0 saturated carbocycles. The van der Waals surface area contributed by atoms with Gasteiger partial charge in [0.1, 0.15) is 11.6 Å². The van der Waals surface area contributed by atoms with Crippen molar-refractivity contribution in [1.82, 2.24) is 4.98 Å². The number of hydrogen-bond acceptors (Lipinski definition) is 3. The summed E-state index contributed by atoms with van der Waals surface area (Å²) in [6, 6.07) is 8.33. The van der Waals surface area contributed by atoms with Crippen molar-refractivity contribution in [3.05, 3.63) is 51.6 Å². The minimum absolute atomic E-state index is 0.699. The molecule has 0 spiro atoms. The monoisotopic (exact) mass is 334 g/mol. The van der Waals surface area contributed by atoms with E-state index in [0.717, 1.165) is 33.6 Å². The highest BCUT2D eigenvalue weighted by Gasteiger charge is 2.05. The van der Waals surface area contributed by atoms with Crippen molar-refractivity contribution < 1.29 is 4.74 Å². The van der Waals surface area contributed by atoms with Crippen LogP contribution in [0.3, 0.4) is 0 Å². The van der Waals surface area contributed by atoms with E-state index in [1.807, 2.05) is 18.3 Å². The minimum atomic E-state index is 0.699. The molecule has 3 nitrogen and oxygen atoms in total. The molecule has 0 aliphatic rings. The van der Waals surface area contributed by atoms with E-state index in [1.165, 1.54) is 5.56 Å². The topological polar surface area (TPSA) is 34.1 Å². The molecule has 0 aliphatic heterocycles. The summed E-state index contributed by atoms with van der Waals surface area (Å²) in [5, 5.41) is 3.34. The maximum Gasteiger partial charge on any atom is 0.126 e. The number of pyridine rings is 1. The lowest BCUT2D eigenvalue weighted by Gasteiger charge is -2.12. The van der Waals surface area contributed by atoms with Gasteiger partial charge in [-0.25, -0.2) is 4.98 Å². The van der Waals surface area contributed by atoms with Crippen molar-refractivity contribution in [1.29, 1.82) is 0 Å². The Labute approximate surface area is 128 Å². The Morgan fingerprint density at radius 3 is 2.75 bits per heavy atom. The summed E-state index contributed by atoms with van der Waals surface area (Å²) in [7, 11) is 1.70. The van der Waals surface area contributed by atoms with Crippen LogP contribution in [0.5, 0.6) is 5.75 Å². The highest BCUT2D eigenvalue weighted by molar-refractivity contribution is 9.10. The van der Waals surface area contributed by atoms with E-state index >= 15 is 0 Å². The summed E-state index contributed by atoms with van der Waals surface area (Å²) in [4.78, 5) is 4.35. The van der Waals surface area contributed by atoms with Crippen LogP contribution in [0.2, 0.25) is 0 Å². The fourth-order valence-electron chi connectivity index (χ4n) is 2.01. The number of nitrogens with zero attached hydrogens (tertiary/aromatic N) is 1. The number of rotatable bonds is 5. The second-order valence-corrected chi connectivity index (χ2v) is 5.53. The van der Waals surface area contributed by atoms with Crippen molar-refractivity contribution in [3.63, 3.8) is 0 Å². The van der Waals surface area contributed by atoms with E-state index < -0.39 is 0 Å². The van der Waals surface area contributed by atoms with Gasteiger partial charge in [0.15, 0.2) is 0 Å². The van der Waals surface area contributed by atoms with Crippen molar-refractivity contribution in [2.45, 2.75) is 26.8 Å². The molecule has 1 aromatic heterocycles. The summed E-state index contributed by atoms with van der Waals surface area (Å²) in [6.07, 6.45) is 2.84. The molecule has 4 heteroatoms. The van der Waals surface area contributed by atoms with Gasteiger partial charge in [0, 0.05) is 22.8 Å². The van der Waals surface area contributed by atoms with Crippen LogP contribution in [0.25, 0.3) is 0 Å². The predicted octanol–water partition coefficient (Wildman–Crippen LogP) is 4.34. The molecular weight excluding hydrogens is 316 g/mol. The summed E-state index contributed by atoms with van der Waals surface area (Å²) in [5.41, 5.74) is 3.62. The third-order valence-corrected chi connectivity index (χ3v) is 4.09. The number of nitrogens with one attached hydrogen (secondary N) is 1. The van der Waals surface area contributed by atoms with Crippen LogP contribution in [-0.2, 0) is 13.0 Å². The van der Waals surface area contributed by atoms with Crippen molar-refractivity contribution in [2.24, 2.45) is 0 Å². The molecule has 0 aliphatic carbocycles. The average molecular weight is 335 g/mol. The van der Waals surface area contributed by atoms with E-state index in [1.54, 1.807) is 7.11 Å². The summed E-state index contributed by atoms with van der Waals surface area (Å²) in [6.45, 7) is 4.90. The first-order chi connectivity index (χ1) is 9.63. The van der Waals surface area contributed by atoms with Gasteiger partial charge in [-0.3, -0.25) is 0 Å². The van der Waals surface area contributed by atoms with Crippen LogP contribution >= 0.6 is 15.9 Å². The maximum absolute atomic E-state index is 5.41. The molecule has 0 bridgehead atoms. The van der Waals surface area contributed by atoms with Gasteiger partial charge >= 0.3 is 0 Å². The third-order valence-electron chi connectivity index (χ3n) is 3.26. The number of ether oxygens (including phenoxy) is 1. The fourth-order valence-corrected chi connectivity index (χ4v) is 2.23. The lowest BCUT2D eigenvalue weighted by molar-refractivity contribution is 0.410. The normalized spacial score (nSPS) is 10.4. The molecule has 0 amide bonds. The summed E-state index contributed by atoms with van der Waals surface area (Å²) in [5.74, 6) is 1.78. The highest BCUT2D eigenvalue weighted by Crippen LogP contribution is 2.22. The SMILES string of the molecule is CCc1ccc(OC)c(CNc2cc(C)c(Br)cn2)c1. The Balaban J connectivity index is 2.15. The maximum atomic E-state index is 5.41. The fraction of sp³-hybridized carbons (Fsp3) is 0.312. The van der Waals surface area contributed by atoms with Crippen LogP contribution in [-0.4, -0.2) is 12.1 Å². The lowest BCUT2D eigenvalue weighted by Crippen LogP contribution is -2.04. The van der Waals surface area contributed by atoms with Gasteiger partial charge in [-0.15, -0.1) is 0 Å². The Hall–Kier alpha value is -1.55. The second kappa shape index (κ2) is 6.75. The average Bonchev–Trinajstić information content (AvgIpc) is 2.48. The first-order valence-electron chi connectivity index (χ1n) is 6.65. The Morgan fingerprint density at radius 2 is 2.10 bits per heavy atom. The highest BCUT2D eigenvalue weighted by atomic mass is 79.9. The molecule has 2 rings (SSSR count). The number of hydrogen-bond donors (Lipinski definition) is 1. The standard InChI is InChI=1S/C16H19BrN2O/c1-4-12-5-6-15(20-3)13(8-12)9-18-16-7-11(2)14(17)10-19-16/h5-8,10H,4,9H2,1-3H3,(H,18,19). The van der Waals surface area contributed by atoms with Crippen LogP contribution < -0.4 is 10.1 Å².